The lowest BCUT2D eigenvalue weighted by atomic mass is 10.0. The van der Waals surface area contributed by atoms with Crippen LogP contribution >= 0.6 is 11.6 Å². The van der Waals surface area contributed by atoms with E-state index in [-0.39, 0.29) is 0 Å². The minimum Gasteiger partial charge on any atom is -0.365 e. The van der Waals surface area contributed by atoms with Crippen molar-refractivity contribution in [2.75, 3.05) is 14.1 Å². The number of hydrogen-bond donors (Lipinski definition) is 0. The van der Waals surface area contributed by atoms with Gasteiger partial charge >= 0.3 is 6.18 Å². The Balaban J connectivity index is 2.33. The number of alkyl halides is 3. The van der Waals surface area contributed by atoms with E-state index in [4.69, 9.17) is 11.6 Å². The van der Waals surface area contributed by atoms with Crippen LogP contribution in [0.2, 0.25) is 5.02 Å². The van der Waals surface area contributed by atoms with E-state index < -0.39 is 11.7 Å². The summed E-state index contributed by atoms with van der Waals surface area (Å²) in [6, 6.07) is 12.2. The van der Waals surface area contributed by atoms with Crippen LogP contribution < -0.4 is 0 Å². The normalized spacial score (nSPS) is 13.0. The fraction of sp³-hybridized carbons (Fsp3) is 0.263. The molecule has 2 rings (SSSR count). The van der Waals surface area contributed by atoms with Gasteiger partial charge in [0.2, 0.25) is 0 Å². The molecule has 2 aromatic carbocycles. The molecule has 0 aromatic heterocycles. The second kappa shape index (κ2) is 8.36. The predicted octanol–water partition coefficient (Wildman–Crippen LogP) is 5.29. The van der Waals surface area contributed by atoms with E-state index >= 15 is 0 Å². The molecule has 2 aromatic rings. The van der Waals surface area contributed by atoms with Crippen LogP contribution in [-0.4, -0.2) is 30.5 Å². The van der Waals surface area contributed by atoms with Gasteiger partial charge in [-0.3, -0.25) is 0 Å². The molecule has 0 N–H and O–H groups in total. The van der Waals surface area contributed by atoms with E-state index in [1.54, 1.807) is 12.1 Å². The van der Waals surface area contributed by atoms with E-state index in [0.717, 1.165) is 17.7 Å². The van der Waals surface area contributed by atoms with Gasteiger partial charge in [-0.15, -0.1) is 5.10 Å². The molecular weight excluding hydrogens is 363 g/mol. The molecule has 0 saturated carbocycles. The lowest BCUT2D eigenvalue weighted by Gasteiger charge is -2.11. The lowest BCUT2D eigenvalue weighted by Crippen LogP contribution is -2.18. The van der Waals surface area contributed by atoms with Crippen LogP contribution in [0.4, 0.5) is 13.2 Å². The molecule has 0 spiro atoms. The Morgan fingerprint density at radius 1 is 0.962 bits per heavy atom. The van der Waals surface area contributed by atoms with Gasteiger partial charge in [-0.1, -0.05) is 35.9 Å². The Labute approximate surface area is 155 Å². The molecule has 0 bridgehead atoms. The highest BCUT2D eigenvalue weighted by atomic mass is 35.5. The quantitative estimate of drug-likeness (QED) is 0.402. The van der Waals surface area contributed by atoms with Gasteiger partial charge < -0.3 is 4.90 Å². The molecule has 0 fully saturated rings. The molecule has 26 heavy (non-hydrogen) atoms. The van der Waals surface area contributed by atoms with Crippen LogP contribution in [0.3, 0.4) is 0 Å². The van der Waals surface area contributed by atoms with Gasteiger partial charge in [0, 0.05) is 25.5 Å². The molecule has 138 valence electrons. The first-order chi connectivity index (χ1) is 12.2. The van der Waals surface area contributed by atoms with Gasteiger partial charge in [-0.05, 0) is 42.3 Å². The third-order valence-electron chi connectivity index (χ3n) is 3.79. The van der Waals surface area contributed by atoms with Crippen LogP contribution in [0.5, 0.6) is 0 Å². The Bertz CT molecular complexity index is 792. The van der Waals surface area contributed by atoms with E-state index in [2.05, 4.69) is 10.2 Å². The molecule has 0 radical (unpaired) electrons. The molecule has 3 nitrogen and oxygen atoms in total. The summed E-state index contributed by atoms with van der Waals surface area (Å²) in [5, 5.41) is 9.10. The van der Waals surface area contributed by atoms with Crippen LogP contribution in [-0.2, 0) is 12.6 Å². The number of hydrogen-bond acceptors (Lipinski definition) is 2. The first-order valence-electron chi connectivity index (χ1n) is 7.87. The Kier molecular flexibility index (Phi) is 6.42. The van der Waals surface area contributed by atoms with Crippen molar-refractivity contribution in [3.05, 3.63) is 70.2 Å². The molecule has 0 unspecified atom stereocenters. The summed E-state index contributed by atoms with van der Waals surface area (Å²) in [6.45, 7) is 1.82. The maximum Gasteiger partial charge on any atom is 0.416 e. The largest absolute Gasteiger partial charge is 0.416 e. The lowest BCUT2D eigenvalue weighted by molar-refractivity contribution is -0.137. The number of amidine groups is 1. The first kappa shape index (κ1) is 20.0. The molecule has 0 aliphatic carbocycles. The maximum atomic E-state index is 12.7. The highest BCUT2D eigenvalue weighted by Gasteiger charge is 2.29. The van der Waals surface area contributed by atoms with Crippen molar-refractivity contribution in [2.45, 2.75) is 19.5 Å². The molecule has 0 saturated heterocycles. The number of benzene rings is 2. The summed E-state index contributed by atoms with van der Waals surface area (Å²) < 4.78 is 38.1. The van der Waals surface area contributed by atoms with Gasteiger partial charge in [0.15, 0.2) is 0 Å². The highest BCUT2D eigenvalue weighted by molar-refractivity contribution is 6.30. The van der Waals surface area contributed by atoms with Crippen molar-refractivity contribution in [3.8, 4) is 0 Å². The van der Waals surface area contributed by atoms with Crippen molar-refractivity contribution in [3.63, 3.8) is 0 Å². The number of rotatable bonds is 4. The second-order valence-electron chi connectivity index (χ2n) is 5.97. The average Bonchev–Trinajstić information content (AvgIpc) is 2.58. The van der Waals surface area contributed by atoms with Gasteiger partial charge in [0.05, 0.1) is 11.3 Å². The summed E-state index contributed by atoms with van der Waals surface area (Å²) in [7, 11) is 3.71. The monoisotopic (exact) mass is 381 g/mol. The zero-order chi connectivity index (χ0) is 19.3. The fourth-order valence-electron chi connectivity index (χ4n) is 2.06. The van der Waals surface area contributed by atoms with E-state index in [1.807, 2.05) is 38.1 Å². The van der Waals surface area contributed by atoms with Crippen molar-refractivity contribution in [1.82, 2.24) is 4.90 Å². The van der Waals surface area contributed by atoms with Gasteiger partial charge in [0.1, 0.15) is 5.84 Å². The van der Waals surface area contributed by atoms with Crippen molar-refractivity contribution >= 4 is 23.1 Å². The fourth-order valence-corrected chi connectivity index (χ4v) is 2.19. The minimum atomic E-state index is -4.35. The zero-order valence-corrected chi connectivity index (χ0v) is 15.4. The minimum absolute atomic E-state index is 0.351. The summed E-state index contributed by atoms with van der Waals surface area (Å²) in [5.41, 5.74) is 1.49. The molecule has 0 atom stereocenters. The van der Waals surface area contributed by atoms with Crippen molar-refractivity contribution in [1.29, 1.82) is 0 Å². The van der Waals surface area contributed by atoms with Crippen molar-refractivity contribution < 1.29 is 13.2 Å². The van der Waals surface area contributed by atoms with Gasteiger partial charge in [0.25, 0.3) is 0 Å². The molecule has 0 aliphatic rings. The first-order valence-corrected chi connectivity index (χ1v) is 8.25. The van der Waals surface area contributed by atoms with Crippen LogP contribution in [0.25, 0.3) is 0 Å². The Hall–Kier alpha value is -2.34. The van der Waals surface area contributed by atoms with Crippen LogP contribution in [0, 0.1) is 0 Å². The standard InChI is InChI=1S/C19H19ClF3N3/c1-13(26(2)3)24-25-18(15-6-10-17(20)11-7-15)12-14-4-8-16(9-5-14)19(21,22)23/h4-11H,12H2,1-3H3/b24-13-,25-18-. The van der Waals surface area contributed by atoms with Crippen molar-refractivity contribution in [2.24, 2.45) is 10.2 Å². The molecule has 7 heteroatoms. The topological polar surface area (TPSA) is 28.0 Å². The summed E-state index contributed by atoms with van der Waals surface area (Å²) in [4.78, 5) is 1.82. The van der Waals surface area contributed by atoms with Crippen LogP contribution in [0.1, 0.15) is 23.6 Å². The Morgan fingerprint density at radius 3 is 2.04 bits per heavy atom. The predicted molar refractivity (Wildman–Crippen MR) is 99.9 cm³/mol. The maximum absolute atomic E-state index is 12.7. The SMILES string of the molecule is C/C(=N/N=C(/Cc1ccc(C(F)(F)F)cc1)c1ccc(Cl)cc1)N(C)C. The van der Waals surface area contributed by atoms with E-state index in [1.165, 1.54) is 12.1 Å². The molecule has 0 amide bonds. The van der Waals surface area contributed by atoms with E-state index in [9.17, 15) is 13.2 Å². The number of halogens is 4. The summed E-state index contributed by atoms with van der Waals surface area (Å²) in [6.07, 6.45) is -4.00. The average molecular weight is 382 g/mol. The van der Waals surface area contributed by atoms with Crippen LogP contribution in [0.15, 0.2) is 58.7 Å². The molecular formula is C19H19ClF3N3. The molecule has 0 aliphatic heterocycles. The van der Waals surface area contributed by atoms with Gasteiger partial charge in [-0.2, -0.15) is 18.3 Å². The zero-order valence-electron chi connectivity index (χ0n) is 14.7. The smallest absolute Gasteiger partial charge is 0.365 e. The molecule has 0 heterocycles. The third-order valence-corrected chi connectivity index (χ3v) is 4.04. The summed E-state index contributed by atoms with van der Waals surface area (Å²) in [5.74, 6) is 0.712. The third kappa shape index (κ3) is 5.59. The summed E-state index contributed by atoms with van der Waals surface area (Å²) >= 11 is 5.93. The Morgan fingerprint density at radius 2 is 1.54 bits per heavy atom. The van der Waals surface area contributed by atoms with Gasteiger partial charge in [-0.25, -0.2) is 0 Å². The highest BCUT2D eigenvalue weighted by Crippen LogP contribution is 2.29. The second-order valence-corrected chi connectivity index (χ2v) is 6.40. The number of nitrogens with zero attached hydrogens (tertiary/aromatic N) is 3. The van der Waals surface area contributed by atoms with E-state index in [0.29, 0.717) is 28.6 Å².